The van der Waals surface area contributed by atoms with Gasteiger partial charge in [0.15, 0.2) is 0 Å². The van der Waals surface area contributed by atoms with E-state index in [9.17, 15) is 5.11 Å². The lowest BCUT2D eigenvalue weighted by Crippen LogP contribution is -2.33. The van der Waals surface area contributed by atoms with Gasteiger partial charge < -0.3 is 15.2 Å². The Bertz CT molecular complexity index is 859. The number of hydrogen-bond donors (Lipinski definition) is 2. The number of hydrogen-bond acceptors (Lipinski definition) is 6. The molecule has 0 fully saturated rings. The Balaban J connectivity index is 1.47. The molecule has 0 aliphatic carbocycles. The lowest BCUT2D eigenvalue weighted by molar-refractivity contribution is 0.104. The van der Waals surface area contributed by atoms with E-state index in [1.165, 1.54) is 0 Å². The van der Waals surface area contributed by atoms with Crippen LogP contribution in [0.2, 0.25) is 10.0 Å². The second kappa shape index (κ2) is 9.14. The van der Waals surface area contributed by atoms with E-state index in [2.05, 4.69) is 20.8 Å². The highest BCUT2D eigenvalue weighted by Crippen LogP contribution is 2.27. The second-order valence-corrected chi connectivity index (χ2v) is 6.86. The van der Waals surface area contributed by atoms with Crippen LogP contribution in [0.4, 0.5) is 0 Å². The highest BCUT2D eigenvalue weighted by molar-refractivity contribution is 6.35. The summed E-state index contributed by atoms with van der Waals surface area (Å²) in [7, 11) is 0. The quantitative estimate of drug-likeness (QED) is 0.596. The van der Waals surface area contributed by atoms with E-state index in [1.54, 1.807) is 29.2 Å². The van der Waals surface area contributed by atoms with E-state index >= 15 is 0 Å². The first-order valence-electron chi connectivity index (χ1n) is 8.35. The number of ether oxygens (including phenoxy) is 1. The summed E-state index contributed by atoms with van der Waals surface area (Å²) in [6.45, 7) is 2.52. The molecular weight excluding hydrogens is 389 g/mol. The van der Waals surface area contributed by atoms with Crippen LogP contribution in [0.5, 0.6) is 5.75 Å². The van der Waals surface area contributed by atoms with E-state index in [-0.39, 0.29) is 12.6 Å². The molecule has 0 radical (unpaired) electrons. The average molecular weight is 408 g/mol. The van der Waals surface area contributed by atoms with Crippen molar-refractivity contribution in [2.75, 3.05) is 13.2 Å². The SMILES string of the molecule is CC(NCC(O)COc1ccc(Cl)cc1Cl)c1ccc(-n2cnnn2)cc1. The summed E-state index contributed by atoms with van der Waals surface area (Å²) in [5.41, 5.74) is 1.96. The van der Waals surface area contributed by atoms with Crippen LogP contribution in [0.25, 0.3) is 5.69 Å². The van der Waals surface area contributed by atoms with Gasteiger partial charge in [-0.1, -0.05) is 35.3 Å². The summed E-state index contributed by atoms with van der Waals surface area (Å²) in [5.74, 6) is 0.492. The summed E-state index contributed by atoms with van der Waals surface area (Å²) in [6.07, 6.45) is 0.861. The Kier molecular flexibility index (Phi) is 6.63. The number of aromatic nitrogens is 4. The van der Waals surface area contributed by atoms with Gasteiger partial charge in [-0.05, 0) is 53.2 Å². The molecule has 0 saturated carbocycles. The van der Waals surface area contributed by atoms with Crippen LogP contribution in [0, 0.1) is 0 Å². The van der Waals surface area contributed by atoms with Crippen molar-refractivity contribution >= 4 is 23.2 Å². The van der Waals surface area contributed by atoms with E-state index in [1.807, 2.05) is 31.2 Å². The lowest BCUT2D eigenvalue weighted by atomic mass is 10.1. The van der Waals surface area contributed by atoms with Crippen LogP contribution < -0.4 is 10.1 Å². The fourth-order valence-electron chi connectivity index (χ4n) is 2.46. The third-order valence-corrected chi connectivity index (χ3v) is 4.52. The molecule has 0 aliphatic rings. The maximum Gasteiger partial charge on any atom is 0.143 e. The van der Waals surface area contributed by atoms with Gasteiger partial charge in [0.1, 0.15) is 24.8 Å². The van der Waals surface area contributed by atoms with Gasteiger partial charge in [-0.2, -0.15) is 0 Å². The molecule has 0 spiro atoms. The third-order valence-electron chi connectivity index (χ3n) is 3.99. The molecule has 0 amide bonds. The predicted molar refractivity (Wildman–Crippen MR) is 104 cm³/mol. The summed E-state index contributed by atoms with van der Waals surface area (Å²) >= 11 is 11.9. The largest absolute Gasteiger partial charge is 0.489 e. The van der Waals surface area contributed by atoms with Crippen molar-refractivity contribution in [1.29, 1.82) is 0 Å². The molecule has 0 aliphatic heterocycles. The number of rotatable bonds is 8. The van der Waals surface area contributed by atoms with Gasteiger partial charge in [0, 0.05) is 17.6 Å². The Morgan fingerprint density at radius 3 is 2.63 bits per heavy atom. The summed E-state index contributed by atoms with van der Waals surface area (Å²) in [4.78, 5) is 0. The Hall–Kier alpha value is -2.19. The van der Waals surface area contributed by atoms with Crippen molar-refractivity contribution in [2.24, 2.45) is 0 Å². The lowest BCUT2D eigenvalue weighted by Gasteiger charge is -2.18. The van der Waals surface area contributed by atoms with Crippen molar-refractivity contribution in [2.45, 2.75) is 19.1 Å². The standard InChI is InChI=1S/C18H19Cl2N5O2/c1-12(13-2-5-15(6-3-13)25-11-22-23-24-25)21-9-16(26)10-27-18-7-4-14(19)8-17(18)20/h2-8,11-12,16,21,26H,9-10H2,1H3. The molecule has 7 nitrogen and oxygen atoms in total. The zero-order valence-electron chi connectivity index (χ0n) is 14.6. The van der Waals surface area contributed by atoms with Crippen LogP contribution in [0.3, 0.4) is 0 Å². The van der Waals surface area contributed by atoms with Crippen molar-refractivity contribution in [3.8, 4) is 11.4 Å². The number of nitrogens with zero attached hydrogens (tertiary/aromatic N) is 4. The van der Waals surface area contributed by atoms with E-state index in [0.29, 0.717) is 22.3 Å². The van der Waals surface area contributed by atoms with Gasteiger partial charge in [0.25, 0.3) is 0 Å². The fourth-order valence-corrected chi connectivity index (χ4v) is 2.93. The normalized spacial score (nSPS) is 13.3. The van der Waals surface area contributed by atoms with Gasteiger partial charge >= 0.3 is 0 Å². The topological polar surface area (TPSA) is 85.1 Å². The smallest absolute Gasteiger partial charge is 0.143 e. The van der Waals surface area contributed by atoms with Crippen LogP contribution in [0.15, 0.2) is 48.8 Å². The molecule has 3 aromatic rings. The summed E-state index contributed by atoms with van der Waals surface area (Å²) < 4.78 is 7.13. The summed E-state index contributed by atoms with van der Waals surface area (Å²) in [5, 5.41) is 25.5. The predicted octanol–water partition coefficient (Wildman–Crippen LogP) is 3.06. The number of aliphatic hydroxyl groups excluding tert-OH is 1. The monoisotopic (exact) mass is 407 g/mol. The van der Waals surface area contributed by atoms with Crippen molar-refractivity contribution in [3.63, 3.8) is 0 Å². The molecule has 0 bridgehead atoms. The van der Waals surface area contributed by atoms with E-state index in [0.717, 1.165) is 11.3 Å². The van der Waals surface area contributed by atoms with Crippen LogP contribution in [0.1, 0.15) is 18.5 Å². The van der Waals surface area contributed by atoms with Gasteiger partial charge in [0.05, 0.1) is 10.7 Å². The Morgan fingerprint density at radius 1 is 1.19 bits per heavy atom. The minimum Gasteiger partial charge on any atom is -0.489 e. The molecule has 2 unspecified atom stereocenters. The zero-order valence-corrected chi connectivity index (χ0v) is 16.1. The first-order valence-corrected chi connectivity index (χ1v) is 9.11. The third kappa shape index (κ3) is 5.40. The maximum absolute atomic E-state index is 10.1. The Morgan fingerprint density at radius 2 is 1.96 bits per heavy atom. The number of nitrogens with one attached hydrogen (secondary N) is 1. The molecule has 9 heteroatoms. The first-order chi connectivity index (χ1) is 13.0. The molecule has 1 aromatic heterocycles. The highest BCUT2D eigenvalue weighted by Gasteiger charge is 2.11. The molecule has 27 heavy (non-hydrogen) atoms. The number of benzene rings is 2. The number of tetrazole rings is 1. The highest BCUT2D eigenvalue weighted by atomic mass is 35.5. The van der Waals surface area contributed by atoms with Gasteiger partial charge in [0.2, 0.25) is 0 Å². The van der Waals surface area contributed by atoms with Crippen LogP contribution in [-0.4, -0.2) is 44.6 Å². The molecule has 3 rings (SSSR count). The number of aliphatic hydroxyl groups is 1. The molecule has 2 N–H and O–H groups in total. The first kappa shape index (κ1) is 19.6. The molecule has 1 heterocycles. The molecule has 142 valence electrons. The molecule has 0 saturated heterocycles. The van der Waals surface area contributed by atoms with E-state index < -0.39 is 6.10 Å². The van der Waals surface area contributed by atoms with Crippen LogP contribution >= 0.6 is 23.2 Å². The van der Waals surface area contributed by atoms with Crippen molar-refractivity contribution < 1.29 is 9.84 Å². The van der Waals surface area contributed by atoms with Gasteiger partial charge in [-0.3, -0.25) is 0 Å². The molecule has 2 atom stereocenters. The van der Waals surface area contributed by atoms with Gasteiger partial charge in [-0.15, -0.1) is 5.10 Å². The Labute approximate surface area is 166 Å². The van der Waals surface area contributed by atoms with Crippen molar-refractivity contribution in [3.05, 3.63) is 64.4 Å². The minimum absolute atomic E-state index is 0.0571. The summed E-state index contributed by atoms with van der Waals surface area (Å²) in [6, 6.07) is 12.9. The average Bonchev–Trinajstić information content (AvgIpc) is 3.20. The second-order valence-electron chi connectivity index (χ2n) is 6.02. The molecular formula is C18H19Cl2N5O2. The molecule has 2 aromatic carbocycles. The minimum atomic E-state index is -0.681. The fraction of sp³-hybridized carbons (Fsp3) is 0.278. The maximum atomic E-state index is 10.1. The van der Waals surface area contributed by atoms with E-state index in [4.69, 9.17) is 27.9 Å². The van der Waals surface area contributed by atoms with Crippen LogP contribution in [-0.2, 0) is 0 Å². The zero-order chi connectivity index (χ0) is 19.2. The number of halogens is 2. The van der Waals surface area contributed by atoms with Gasteiger partial charge in [-0.25, -0.2) is 4.68 Å². The van der Waals surface area contributed by atoms with Crippen molar-refractivity contribution in [1.82, 2.24) is 25.5 Å².